The molecular formula is C14H26N4. The third-order valence-electron chi connectivity index (χ3n) is 3.77. The lowest BCUT2D eigenvalue weighted by atomic mass is 10.0. The first-order valence-corrected chi connectivity index (χ1v) is 7.08. The molecule has 1 fully saturated rings. The fraction of sp³-hybridized carbons (Fsp3) is 0.857. The van der Waals surface area contributed by atoms with Crippen LogP contribution in [0.5, 0.6) is 0 Å². The molecule has 4 nitrogen and oxygen atoms in total. The zero-order chi connectivity index (χ0) is 13.2. The van der Waals surface area contributed by atoms with Crippen LogP contribution in [0.2, 0.25) is 0 Å². The van der Waals surface area contributed by atoms with Crippen molar-refractivity contribution in [3.63, 3.8) is 0 Å². The van der Waals surface area contributed by atoms with Gasteiger partial charge < -0.3 is 5.32 Å². The number of aromatic nitrogens is 3. The first kappa shape index (κ1) is 13.5. The minimum atomic E-state index is 0.0190. The van der Waals surface area contributed by atoms with Crippen molar-refractivity contribution >= 4 is 0 Å². The Hall–Kier alpha value is -0.900. The number of hydrogen-bond acceptors (Lipinski definition) is 3. The second-order valence-corrected chi connectivity index (χ2v) is 6.68. The molecule has 0 aliphatic heterocycles. The number of hydrogen-bond donors (Lipinski definition) is 1. The molecule has 4 heteroatoms. The molecule has 0 amide bonds. The summed E-state index contributed by atoms with van der Waals surface area (Å²) in [5.74, 6) is 0. The molecule has 18 heavy (non-hydrogen) atoms. The van der Waals surface area contributed by atoms with E-state index in [9.17, 15) is 0 Å². The van der Waals surface area contributed by atoms with E-state index in [0.29, 0.717) is 5.41 Å². The molecule has 1 aromatic rings. The maximum absolute atomic E-state index is 4.22. The summed E-state index contributed by atoms with van der Waals surface area (Å²) < 4.78 is 1.93. The molecular weight excluding hydrogens is 224 g/mol. The van der Waals surface area contributed by atoms with Gasteiger partial charge in [-0.25, -0.2) is 4.68 Å². The van der Waals surface area contributed by atoms with E-state index in [1.54, 1.807) is 0 Å². The van der Waals surface area contributed by atoms with Crippen LogP contribution in [0.3, 0.4) is 0 Å². The first-order valence-electron chi connectivity index (χ1n) is 7.08. The average molecular weight is 250 g/mol. The van der Waals surface area contributed by atoms with E-state index in [0.717, 1.165) is 18.8 Å². The SMILES string of the molecule is CCCC1(CNCc2cn(C(C)(C)C)nn2)CC1. The highest BCUT2D eigenvalue weighted by atomic mass is 15.4. The van der Waals surface area contributed by atoms with Crippen LogP contribution in [-0.4, -0.2) is 21.5 Å². The largest absolute Gasteiger partial charge is 0.311 e. The highest BCUT2D eigenvalue weighted by Crippen LogP contribution is 2.48. The summed E-state index contributed by atoms with van der Waals surface area (Å²) in [6, 6.07) is 0. The van der Waals surface area contributed by atoms with Crippen LogP contribution in [0.15, 0.2) is 6.20 Å². The Kier molecular flexibility index (Phi) is 3.76. The molecule has 1 aliphatic carbocycles. The van der Waals surface area contributed by atoms with Gasteiger partial charge in [-0.1, -0.05) is 18.6 Å². The van der Waals surface area contributed by atoms with Gasteiger partial charge in [0.25, 0.3) is 0 Å². The second kappa shape index (κ2) is 5.00. The molecule has 0 radical (unpaired) electrons. The fourth-order valence-corrected chi connectivity index (χ4v) is 2.39. The van der Waals surface area contributed by atoms with Gasteiger partial charge in [0.15, 0.2) is 0 Å². The molecule has 0 bridgehead atoms. The summed E-state index contributed by atoms with van der Waals surface area (Å²) in [7, 11) is 0. The molecule has 1 N–H and O–H groups in total. The Labute approximate surface area is 110 Å². The molecule has 0 atom stereocenters. The van der Waals surface area contributed by atoms with Crippen molar-refractivity contribution in [1.29, 1.82) is 0 Å². The normalized spacial score (nSPS) is 18.0. The Morgan fingerprint density at radius 2 is 2.11 bits per heavy atom. The van der Waals surface area contributed by atoms with Crippen molar-refractivity contribution in [2.75, 3.05) is 6.54 Å². The quantitative estimate of drug-likeness (QED) is 0.844. The van der Waals surface area contributed by atoms with E-state index in [2.05, 4.69) is 43.3 Å². The number of nitrogens with zero attached hydrogens (tertiary/aromatic N) is 3. The predicted molar refractivity (Wildman–Crippen MR) is 73.3 cm³/mol. The number of nitrogens with one attached hydrogen (secondary N) is 1. The van der Waals surface area contributed by atoms with Crippen LogP contribution >= 0.6 is 0 Å². The summed E-state index contributed by atoms with van der Waals surface area (Å²) in [4.78, 5) is 0. The van der Waals surface area contributed by atoms with Crippen molar-refractivity contribution < 1.29 is 0 Å². The minimum absolute atomic E-state index is 0.0190. The monoisotopic (exact) mass is 250 g/mol. The van der Waals surface area contributed by atoms with E-state index >= 15 is 0 Å². The van der Waals surface area contributed by atoms with Gasteiger partial charge in [0.2, 0.25) is 0 Å². The summed E-state index contributed by atoms with van der Waals surface area (Å²) in [6.07, 6.45) is 7.48. The van der Waals surface area contributed by atoms with Gasteiger partial charge >= 0.3 is 0 Å². The highest BCUT2D eigenvalue weighted by molar-refractivity contribution is 4.97. The van der Waals surface area contributed by atoms with Crippen molar-refractivity contribution in [2.24, 2.45) is 5.41 Å². The van der Waals surface area contributed by atoms with Crippen LogP contribution in [0.25, 0.3) is 0 Å². The van der Waals surface area contributed by atoms with Crippen molar-refractivity contribution in [3.05, 3.63) is 11.9 Å². The molecule has 0 spiro atoms. The smallest absolute Gasteiger partial charge is 0.0965 e. The van der Waals surface area contributed by atoms with Crippen LogP contribution in [-0.2, 0) is 12.1 Å². The molecule has 0 saturated heterocycles. The standard InChI is InChI=1S/C14H26N4/c1-5-6-14(7-8-14)11-15-9-12-10-18(17-16-12)13(2,3)4/h10,15H,5-9,11H2,1-4H3. The molecule has 1 heterocycles. The van der Waals surface area contributed by atoms with E-state index in [1.165, 1.54) is 25.7 Å². The van der Waals surface area contributed by atoms with E-state index in [1.807, 2.05) is 10.9 Å². The average Bonchev–Trinajstić information content (AvgIpc) is 2.86. The minimum Gasteiger partial charge on any atom is -0.311 e. The Balaban J connectivity index is 1.79. The fourth-order valence-electron chi connectivity index (χ4n) is 2.39. The topological polar surface area (TPSA) is 42.7 Å². The molecule has 1 saturated carbocycles. The summed E-state index contributed by atoms with van der Waals surface area (Å²) in [5, 5.41) is 11.9. The molecule has 102 valence electrons. The number of rotatable bonds is 6. The van der Waals surface area contributed by atoms with Crippen molar-refractivity contribution in [1.82, 2.24) is 20.3 Å². The Morgan fingerprint density at radius 3 is 2.61 bits per heavy atom. The Bertz CT molecular complexity index is 385. The van der Waals surface area contributed by atoms with Gasteiger partial charge in [0.1, 0.15) is 0 Å². The van der Waals surface area contributed by atoms with E-state index in [4.69, 9.17) is 0 Å². The summed E-state index contributed by atoms with van der Waals surface area (Å²) >= 11 is 0. The lowest BCUT2D eigenvalue weighted by Gasteiger charge is -2.17. The first-order chi connectivity index (χ1) is 8.45. The lowest BCUT2D eigenvalue weighted by molar-refractivity contribution is 0.346. The molecule has 1 aliphatic rings. The molecule has 1 aromatic heterocycles. The van der Waals surface area contributed by atoms with Crippen LogP contribution < -0.4 is 5.32 Å². The maximum atomic E-state index is 4.22. The summed E-state index contributed by atoms with van der Waals surface area (Å²) in [6.45, 7) is 10.7. The van der Waals surface area contributed by atoms with Crippen LogP contribution in [0.1, 0.15) is 59.1 Å². The van der Waals surface area contributed by atoms with Crippen LogP contribution in [0, 0.1) is 5.41 Å². The van der Waals surface area contributed by atoms with E-state index < -0.39 is 0 Å². The molecule has 0 aromatic carbocycles. The molecule has 2 rings (SSSR count). The third-order valence-corrected chi connectivity index (χ3v) is 3.77. The Morgan fingerprint density at radius 1 is 1.39 bits per heavy atom. The predicted octanol–water partition coefficient (Wildman–Crippen LogP) is 2.70. The molecule has 0 unspecified atom stereocenters. The zero-order valence-corrected chi connectivity index (χ0v) is 12.2. The van der Waals surface area contributed by atoms with Crippen LogP contribution in [0.4, 0.5) is 0 Å². The van der Waals surface area contributed by atoms with E-state index in [-0.39, 0.29) is 5.54 Å². The van der Waals surface area contributed by atoms with Gasteiger partial charge in [-0.15, -0.1) is 5.10 Å². The van der Waals surface area contributed by atoms with Gasteiger partial charge in [-0.2, -0.15) is 0 Å². The third kappa shape index (κ3) is 3.31. The second-order valence-electron chi connectivity index (χ2n) is 6.68. The van der Waals surface area contributed by atoms with Gasteiger partial charge in [-0.3, -0.25) is 0 Å². The lowest BCUT2D eigenvalue weighted by Crippen LogP contribution is -2.24. The summed E-state index contributed by atoms with van der Waals surface area (Å²) in [5.41, 5.74) is 1.66. The maximum Gasteiger partial charge on any atom is 0.0965 e. The van der Waals surface area contributed by atoms with Crippen molar-refractivity contribution in [3.8, 4) is 0 Å². The van der Waals surface area contributed by atoms with Gasteiger partial charge in [0.05, 0.1) is 17.4 Å². The zero-order valence-electron chi connectivity index (χ0n) is 12.2. The van der Waals surface area contributed by atoms with Crippen molar-refractivity contribution in [2.45, 2.75) is 65.5 Å². The van der Waals surface area contributed by atoms with Gasteiger partial charge in [-0.05, 0) is 45.4 Å². The highest BCUT2D eigenvalue weighted by Gasteiger charge is 2.40. The van der Waals surface area contributed by atoms with Gasteiger partial charge in [0, 0.05) is 13.1 Å².